The van der Waals surface area contributed by atoms with Gasteiger partial charge in [-0.3, -0.25) is 14.4 Å². The van der Waals surface area contributed by atoms with Gasteiger partial charge in [0.1, 0.15) is 13.2 Å². The lowest BCUT2D eigenvalue weighted by molar-refractivity contribution is -0.167. The third-order valence-corrected chi connectivity index (χ3v) is 15.1. The molecule has 0 saturated heterocycles. The molecule has 0 aliphatic carbocycles. The van der Waals surface area contributed by atoms with Crippen molar-refractivity contribution in [3.05, 3.63) is 48.6 Å². The molecule has 6 nitrogen and oxygen atoms in total. The van der Waals surface area contributed by atoms with Crippen LogP contribution in [0.3, 0.4) is 0 Å². The quantitative estimate of drug-likeness (QED) is 0.0261. The molecule has 0 amide bonds. The molecule has 0 aromatic carbocycles. The molecule has 0 aromatic heterocycles. The van der Waals surface area contributed by atoms with Crippen LogP contribution in [0, 0.1) is 0 Å². The largest absolute Gasteiger partial charge is 0.462 e. The first-order chi connectivity index (χ1) is 37.5. The molecule has 0 aromatic rings. The van der Waals surface area contributed by atoms with E-state index in [-0.39, 0.29) is 31.1 Å². The Kier molecular flexibility index (Phi) is 62.6. The highest BCUT2D eigenvalue weighted by atomic mass is 16.6. The van der Waals surface area contributed by atoms with Crippen LogP contribution in [0.2, 0.25) is 0 Å². The van der Waals surface area contributed by atoms with E-state index in [0.29, 0.717) is 19.3 Å². The smallest absolute Gasteiger partial charge is 0.306 e. The predicted octanol–water partition coefficient (Wildman–Crippen LogP) is 22.9. The summed E-state index contributed by atoms with van der Waals surface area (Å²) in [6.45, 7) is 6.53. The number of ether oxygens (including phenoxy) is 3. The van der Waals surface area contributed by atoms with E-state index in [1.165, 1.54) is 238 Å². The monoisotopic (exact) mass is 1060 g/mol. The first kappa shape index (κ1) is 73.4. The van der Waals surface area contributed by atoms with E-state index in [9.17, 15) is 14.4 Å². The molecule has 1 atom stereocenters. The molecule has 0 aliphatic heterocycles. The van der Waals surface area contributed by atoms with Gasteiger partial charge in [0, 0.05) is 19.3 Å². The minimum Gasteiger partial charge on any atom is -0.462 e. The Morgan fingerprint density at radius 2 is 0.513 bits per heavy atom. The molecule has 0 N–H and O–H groups in total. The van der Waals surface area contributed by atoms with E-state index in [1.807, 2.05) is 0 Å². The predicted molar refractivity (Wildman–Crippen MR) is 330 cm³/mol. The number of hydrogen-bond acceptors (Lipinski definition) is 6. The minimum absolute atomic E-state index is 0.0661. The molecule has 0 heterocycles. The van der Waals surface area contributed by atoms with Gasteiger partial charge in [-0.25, -0.2) is 0 Å². The van der Waals surface area contributed by atoms with E-state index in [1.54, 1.807) is 0 Å². The summed E-state index contributed by atoms with van der Waals surface area (Å²) >= 11 is 0. The maximum Gasteiger partial charge on any atom is 0.306 e. The van der Waals surface area contributed by atoms with Crippen molar-refractivity contribution >= 4 is 17.9 Å². The van der Waals surface area contributed by atoms with Crippen molar-refractivity contribution in [1.82, 2.24) is 0 Å². The molecule has 0 fully saturated rings. The van der Waals surface area contributed by atoms with E-state index < -0.39 is 6.10 Å². The Morgan fingerprint density at radius 3 is 0.803 bits per heavy atom. The van der Waals surface area contributed by atoms with Crippen LogP contribution in [0.25, 0.3) is 0 Å². The number of allylic oxidation sites excluding steroid dienone is 8. The Hall–Kier alpha value is -2.63. The minimum atomic E-state index is -0.765. The normalized spacial score (nSPS) is 12.3. The van der Waals surface area contributed by atoms with E-state index >= 15 is 0 Å². The van der Waals surface area contributed by atoms with Crippen molar-refractivity contribution in [2.24, 2.45) is 0 Å². The van der Waals surface area contributed by atoms with Crippen molar-refractivity contribution in [3.8, 4) is 0 Å². The number of unbranched alkanes of at least 4 members (excludes halogenated alkanes) is 43. The van der Waals surface area contributed by atoms with E-state index in [0.717, 1.165) is 83.5 Å². The van der Waals surface area contributed by atoms with Gasteiger partial charge in [-0.2, -0.15) is 0 Å². The topological polar surface area (TPSA) is 78.9 Å². The standard InChI is InChI=1S/C70H128O6/c1-4-7-10-13-16-18-20-22-24-26-28-29-30-31-32-33-34-35-36-37-38-39-40-41-43-44-46-48-50-52-54-57-60-63-69(72)75-66-67(65-74-68(71)62-59-56-15-12-9-6-3)76-70(73)64-61-58-55-53-51-49-47-45-42-27-25-23-21-19-17-14-11-8-5-2/h7,10,16,18,22,24,28-29,67H,4-6,8-9,11-15,17,19-21,23,25-27,30-66H2,1-3H3/b10-7-,18-16-,24-22-,29-28-. The molecule has 1 unspecified atom stereocenters. The van der Waals surface area contributed by atoms with Gasteiger partial charge in [0.15, 0.2) is 6.10 Å². The summed E-state index contributed by atoms with van der Waals surface area (Å²) in [5.41, 5.74) is 0. The summed E-state index contributed by atoms with van der Waals surface area (Å²) in [5, 5.41) is 0. The first-order valence-corrected chi connectivity index (χ1v) is 33.6. The molecule has 0 bridgehead atoms. The molecule has 0 aliphatic rings. The lowest BCUT2D eigenvalue weighted by Crippen LogP contribution is -2.30. The molecule has 444 valence electrons. The van der Waals surface area contributed by atoms with Crippen molar-refractivity contribution in [2.75, 3.05) is 13.2 Å². The zero-order chi connectivity index (χ0) is 55.0. The SMILES string of the molecule is CC/C=C\C/C=C\C/C=C\C/C=C\CCCCCCCCCCCCCCCCCCCCCCC(=O)OCC(COC(=O)CCCCCCCC)OC(=O)CCCCCCCCCCCCCCCCCCCCC. The van der Waals surface area contributed by atoms with Crippen molar-refractivity contribution in [2.45, 2.75) is 367 Å². The van der Waals surface area contributed by atoms with Crippen molar-refractivity contribution < 1.29 is 28.6 Å². The van der Waals surface area contributed by atoms with E-state index in [4.69, 9.17) is 14.2 Å². The Balaban J connectivity index is 3.94. The second-order valence-electron chi connectivity index (χ2n) is 22.7. The van der Waals surface area contributed by atoms with Crippen LogP contribution < -0.4 is 0 Å². The highest BCUT2D eigenvalue weighted by Crippen LogP contribution is 2.18. The Morgan fingerprint density at radius 1 is 0.276 bits per heavy atom. The number of rotatable bonds is 62. The van der Waals surface area contributed by atoms with Gasteiger partial charge in [-0.1, -0.05) is 333 Å². The van der Waals surface area contributed by atoms with Crippen molar-refractivity contribution in [1.29, 1.82) is 0 Å². The molecule has 6 heteroatoms. The zero-order valence-electron chi connectivity index (χ0n) is 51.0. The first-order valence-electron chi connectivity index (χ1n) is 33.6. The van der Waals surface area contributed by atoms with Crippen LogP contribution in [0.5, 0.6) is 0 Å². The molecule has 0 saturated carbocycles. The average molecular weight is 1070 g/mol. The second kappa shape index (κ2) is 64.9. The summed E-state index contributed by atoms with van der Waals surface area (Å²) in [4.78, 5) is 38.0. The highest BCUT2D eigenvalue weighted by Gasteiger charge is 2.19. The summed E-state index contributed by atoms with van der Waals surface area (Å²) in [7, 11) is 0. The fraction of sp³-hybridized carbons (Fsp3) is 0.843. The maximum absolute atomic E-state index is 12.8. The highest BCUT2D eigenvalue weighted by molar-refractivity contribution is 5.71. The second-order valence-corrected chi connectivity index (χ2v) is 22.7. The third-order valence-electron chi connectivity index (χ3n) is 15.1. The summed E-state index contributed by atoms with van der Waals surface area (Å²) < 4.78 is 16.8. The molecule has 76 heavy (non-hydrogen) atoms. The van der Waals surface area contributed by atoms with Gasteiger partial charge in [-0.05, 0) is 57.8 Å². The van der Waals surface area contributed by atoms with Gasteiger partial charge in [0.2, 0.25) is 0 Å². The van der Waals surface area contributed by atoms with Crippen LogP contribution >= 0.6 is 0 Å². The molecular weight excluding hydrogens is 937 g/mol. The number of hydrogen-bond donors (Lipinski definition) is 0. The Bertz CT molecular complexity index is 1310. The Labute approximate surface area is 473 Å². The lowest BCUT2D eigenvalue weighted by atomic mass is 10.0. The molecule has 0 spiro atoms. The zero-order valence-corrected chi connectivity index (χ0v) is 51.0. The number of carbonyl (C=O) groups excluding carboxylic acids is 3. The van der Waals surface area contributed by atoms with Gasteiger partial charge in [-0.15, -0.1) is 0 Å². The summed E-state index contributed by atoms with van der Waals surface area (Å²) in [6, 6.07) is 0. The van der Waals surface area contributed by atoms with E-state index in [2.05, 4.69) is 69.4 Å². The fourth-order valence-electron chi connectivity index (χ4n) is 10.1. The van der Waals surface area contributed by atoms with Crippen molar-refractivity contribution in [3.63, 3.8) is 0 Å². The van der Waals surface area contributed by atoms with Gasteiger partial charge in [0.05, 0.1) is 0 Å². The van der Waals surface area contributed by atoms with Crippen LogP contribution in [0.4, 0.5) is 0 Å². The number of esters is 3. The fourth-order valence-corrected chi connectivity index (χ4v) is 10.1. The van der Waals surface area contributed by atoms with Crippen LogP contribution in [0.1, 0.15) is 361 Å². The molecular formula is C70H128O6. The summed E-state index contributed by atoms with van der Waals surface area (Å²) in [6.07, 6.45) is 81.8. The van der Waals surface area contributed by atoms with Crippen LogP contribution in [0.15, 0.2) is 48.6 Å². The van der Waals surface area contributed by atoms with Gasteiger partial charge >= 0.3 is 17.9 Å². The van der Waals surface area contributed by atoms with Crippen LogP contribution in [-0.4, -0.2) is 37.2 Å². The molecule has 0 radical (unpaired) electrons. The lowest BCUT2D eigenvalue weighted by Gasteiger charge is -2.18. The molecule has 0 rings (SSSR count). The number of carbonyl (C=O) groups is 3. The summed E-state index contributed by atoms with van der Waals surface area (Å²) in [5.74, 6) is -0.851. The van der Waals surface area contributed by atoms with Crippen LogP contribution in [-0.2, 0) is 28.6 Å². The van der Waals surface area contributed by atoms with Gasteiger partial charge in [0.25, 0.3) is 0 Å². The average Bonchev–Trinajstić information content (AvgIpc) is 3.42. The van der Waals surface area contributed by atoms with Gasteiger partial charge < -0.3 is 14.2 Å². The third kappa shape index (κ3) is 62.2. The maximum atomic E-state index is 12.8.